The highest BCUT2D eigenvalue weighted by Crippen LogP contribution is 2.12. The lowest BCUT2D eigenvalue weighted by Crippen LogP contribution is -2.57. The molecule has 1 aliphatic heterocycles. The number of rotatable bonds is 4. The zero-order valence-electron chi connectivity index (χ0n) is 10.9. The first-order chi connectivity index (χ1) is 8.16. The van der Waals surface area contributed by atoms with Crippen molar-refractivity contribution in [3.8, 4) is 0 Å². The molecule has 2 atom stereocenters. The van der Waals surface area contributed by atoms with Gasteiger partial charge in [0.25, 0.3) is 0 Å². The highest BCUT2D eigenvalue weighted by molar-refractivity contribution is 4.88. The Kier molecular flexibility index (Phi) is 4.12. The van der Waals surface area contributed by atoms with Gasteiger partial charge in [-0.15, -0.1) is 0 Å². The van der Waals surface area contributed by atoms with Crippen LogP contribution in [-0.2, 0) is 6.42 Å². The third kappa shape index (κ3) is 3.26. The third-order valence-corrected chi connectivity index (χ3v) is 3.56. The van der Waals surface area contributed by atoms with Gasteiger partial charge >= 0.3 is 0 Å². The molecule has 1 aromatic heterocycles. The SMILES string of the molecule is CC(C)C1CN(CCc2ncon2)C(C)CN1. The molecule has 0 amide bonds. The number of nitrogens with one attached hydrogen (secondary N) is 1. The van der Waals surface area contributed by atoms with Gasteiger partial charge in [-0.2, -0.15) is 4.98 Å². The predicted octanol–water partition coefficient (Wildman–Crippen LogP) is 0.930. The maximum Gasteiger partial charge on any atom is 0.213 e. The summed E-state index contributed by atoms with van der Waals surface area (Å²) in [7, 11) is 0. The van der Waals surface area contributed by atoms with Crippen molar-refractivity contribution in [2.24, 2.45) is 5.92 Å². The molecule has 1 aliphatic rings. The zero-order valence-corrected chi connectivity index (χ0v) is 10.9. The Bertz CT molecular complexity index is 325. The van der Waals surface area contributed by atoms with Gasteiger partial charge in [-0.3, -0.25) is 4.90 Å². The van der Waals surface area contributed by atoms with E-state index in [1.165, 1.54) is 6.39 Å². The lowest BCUT2D eigenvalue weighted by molar-refractivity contribution is 0.124. The Labute approximate surface area is 103 Å². The van der Waals surface area contributed by atoms with Crippen molar-refractivity contribution in [2.75, 3.05) is 19.6 Å². The van der Waals surface area contributed by atoms with Gasteiger partial charge in [-0.25, -0.2) is 0 Å². The molecule has 0 radical (unpaired) electrons. The fourth-order valence-electron chi connectivity index (χ4n) is 2.25. The maximum atomic E-state index is 4.75. The first-order valence-corrected chi connectivity index (χ1v) is 6.39. The topological polar surface area (TPSA) is 54.2 Å². The van der Waals surface area contributed by atoms with Crippen molar-refractivity contribution in [1.29, 1.82) is 0 Å². The van der Waals surface area contributed by atoms with E-state index in [1.807, 2.05) is 0 Å². The fraction of sp³-hybridized carbons (Fsp3) is 0.833. The van der Waals surface area contributed by atoms with Crippen LogP contribution in [-0.4, -0.2) is 46.8 Å². The summed E-state index contributed by atoms with van der Waals surface area (Å²) in [6, 6.07) is 1.17. The average molecular weight is 238 g/mol. The predicted molar refractivity (Wildman–Crippen MR) is 65.7 cm³/mol. The highest BCUT2D eigenvalue weighted by atomic mass is 16.5. The third-order valence-electron chi connectivity index (χ3n) is 3.56. The molecular formula is C12H22N4O. The number of hydrogen-bond donors (Lipinski definition) is 1. The molecule has 1 N–H and O–H groups in total. The molecule has 1 saturated heterocycles. The summed E-state index contributed by atoms with van der Waals surface area (Å²) in [5, 5.41) is 7.45. The maximum absolute atomic E-state index is 4.75. The van der Waals surface area contributed by atoms with Gasteiger partial charge in [0.2, 0.25) is 6.39 Å². The Hall–Kier alpha value is -0.940. The van der Waals surface area contributed by atoms with Crippen LogP contribution in [0.2, 0.25) is 0 Å². The first-order valence-electron chi connectivity index (χ1n) is 6.39. The minimum absolute atomic E-state index is 0.580. The zero-order chi connectivity index (χ0) is 12.3. The molecule has 0 aliphatic carbocycles. The second-order valence-corrected chi connectivity index (χ2v) is 5.20. The second kappa shape index (κ2) is 5.60. The van der Waals surface area contributed by atoms with Crippen LogP contribution in [0.15, 0.2) is 10.9 Å². The Morgan fingerprint density at radius 2 is 2.41 bits per heavy atom. The summed E-state index contributed by atoms with van der Waals surface area (Å²) in [6.07, 6.45) is 2.26. The summed E-state index contributed by atoms with van der Waals surface area (Å²) >= 11 is 0. The van der Waals surface area contributed by atoms with Crippen LogP contribution in [0, 0.1) is 5.92 Å². The number of hydrogen-bond acceptors (Lipinski definition) is 5. The molecule has 0 spiro atoms. The standard InChI is InChI=1S/C12H22N4O/c1-9(2)11-7-16(10(3)6-13-11)5-4-12-14-8-17-15-12/h8-11,13H,4-7H2,1-3H3. The Morgan fingerprint density at radius 1 is 1.59 bits per heavy atom. The van der Waals surface area contributed by atoms with E-state index >= 15 is 0 Å². The van der Waals surface area contributed by atoms with E-state index in [1.54, 1.807) is 0 Å². The van der Waals surface area contributed by atoms with E-state index in [4.69, 9.17) is 4.52 Å². The van der Waals surface area contributed by atoms with Crippen LogP contribution in [0.5, 0.6) is 0 Å². The van der Waals surface area contributed by atoms with Crippen molar-refractivity contribution in [3.63, 3.8) is 0 Å². The quantitative estimate of drug-likeness (QED) is 0.845. The molecule has 96 valence electrons. The van der Waals surface area contributed by atoms with Crippen LogP contribution >= 0.6 is 0 Å². The van der Waals surface area contributed by atoms with E-state index in [-0.39, 0.29) is 0 Å². The van der Waals surface area contributed by atoms with Crippen molar-refractivity contribution in [1.82, 2.24) is 20.4 Å². The minimum atomic E-state index is 0.580. The van der Waals surface area contributed by atoms with E-state index in [9.17, 15) is 0 Å². The van der Waals surface area contributed by atoms with Gasteiger partial charge in [-0.05, 0) is 12.8 Å². The van der Waals surface area contributed by atoms with Crippen molar-refractivity contribution < 1.29 is 4.52 Å². The van der Waals surface area contributed by atoms with Crippen LogP contribution in [0.4, 0.5) is 0 Å². The highest BCUT2D eigenvalue weighted by Gasteiger charge is 2.26. The average Bonchev–Trinajstić information content (AvgIpc) is 2.80. The molecule has 5 nitrogen and oxygen atoms in total. The Morgan fingerprint density at radius 3 is 3.06 bits per heavy atom. The number of piperazine rings is 1. The summed E-state index contributed by atoms with van der Waals surface area (Å²) in [5.74, 6) is 1.48. The first kappa shape index (κ1) is 12.5. The van der Waals surface area contributed by atoms with Crippen LogP contribution in [0.3, 0.4) is 0 Å². The minimum Gasteiger partial charge on any atom is -0.343 e. The summed E-state index contributed by atoms with van der Waals surface area (Å²) in [6.45, 7) is 9.98. The second-order valence-electron chi connectivity index (χ2n) is 5.20. The molecule has 0 bridgehead atoms. The van der Waals surface area contributed by atoms with Gasteiger partial charge in [0.1, 0.15) is 0 Å². The molecule has 0 aromatic carbocycles. The van der Waals surface area contributed by atoms with Crippen LogP contribution in [0.1, 0.15) is 26.6 Å². The van der Waals surface area contributed by atoms with Gasteiger partial charge in [0, 0.05) is 38.1 Å². The van der Waals surface area contributed by atoms with Crippen LogP contribution in [0.25, 0.3) is 0 Å². The van der Waals surface area contributed by atoms with E-state index < -0.39 is 0 Å². The van der Waals surface area contributed by atoms with E-state index in [0.717, 1.165) is 31.9 Å². The molecule has 2 rings (SSSR count). The van der Waals surface area contributed by atoms with Crippen molar-refractivity contribution in [3.05, 3.63) is 12.2 Å². The fourth-order valence-corrected chi connectivity index (χ4v) is 2.25. The lowest BCUT2D eigenvalue weighted by Gasteiger charge is -2.40. The van der Waals surface area contributed by atoms with Crippen LogP contribution < -0.4 is 5.32 Å². The van der Waals surface area contributed by atoms with Gasteiger partial charge in [-0.1, -0.05) is 19.0 Å². The van der Waals surface area contributed by atoms with E-state index in [0.29, 0.717) is 18.0 Å². The molecule has 0 saturated carbocycles. The summed E-state index contributed by atoms with van der Waals surface area (Å²) < 4.78 is 4.75. The molecule has 1 fully saturated rings. The monoisotopic (exact) mass is 238 g/mol. The number of nitrogens with zero attached hydrogens (tertiary/aromatic N) is 3. The van der Waals surface area contributed by atoms with Gasteiger partial charge in [0.05, 0.1) is 0 Å². The molecule has 2 unspecified atom stereocenters. The largest absolute Gasteiger partial charge is 0.343 e. The number of aromatic nitrogens is 2. The molecule has 1 aromatic rings. The smallest absolute Gasteiger partial charge is 0.213 e. The molecular weight excluding hydrogens is 216 g/mol. The Balaban J connectivity index is 1.85. The normalized spacial score (nSPS) is 26.6. The van der Waals surface area contributed by atoms with Gasteiger partial charge < -0.3 is 9.84 Å². The van der Waals surface area contributed by atoms with Crippen molar-refractivity contribution >= 4 is 0 Å². The molecule has 5 heteroatoms. The summed E-state index contributed by atoms with van der Waals surface area (Å²) in [4.78, 5) is 6.57. The molecule has 17 heavy (non-hydrogen) atoms. The lowest BCUT2D eigenvalue weighted by atomic mass is 9.99. The molecule has 2 heterocycles. The van der Waals surface area contributed by atoms with Gasteiger partial charge in [0.15, 0.2) is 5.82 Å². The van der Waals surface area contributed by atoms with Crippen molar-refractivity contribution in [2.45, 2.75) is 39.3 Å². The van der Waals surface area contributed by atoms with E-state index in [2.05, 4.69) is 41.1 Å². The summed E-state index contributed by atoms with van der Waals surface area (Å²) in [5.41, 5.74) is 0.